The van der Waals surface area contributed by atoms with Crippen molar-refractivity contribution in [1.82, 2.24) is 0 Å². The normalized spacial score (nSPS) is 13.4. The van der Waals surface area contributed by atoms with Crippen LogP contribution in [0.1, 0.15) is 212 Å². The van der Waals surface area contributed by atoms with Gasteiger partial charge in [0.1, 0.15) is 19.8 Å². The van der Waals surface area contributed by atoms with Gasteiger partial charge in [-0.3, -0.25) is 14.2 Å². The quantitative estimate of drug-likeness (QED) is 0.0197. The van der Waals surface area contributed by atoms with E-state index in [1.54, 1.807) is 0 Å². The summed E-state index contributed by atoms with van der Waals surface area (Å²) in [7, 11) is 1.17. The van der Waals surface area contributed by atoms with E-state index in [1.165, 1.54) is 141 Å². The monoisotopic (exact) mass is 802 g/mol. The second kappa shape index (κ2) is 38.3. The Morgan fingerprint density at radius 3 is 1.36 bits per heavy atom. The van der Waals surface area contributed by atoms with Crippen LogP contribution in [0.2, 0.25) is 0 Å². The number of carbonyl (C=O) groups excluding carboxylic acids is 2. The van der Waals surface area contributed by atoms with E-state index >= 15 is 0 Å². The van der Waals surface area contributed by atoms with Crippen LogP contribution in [-0.4, -0.2) is 70.0 Å². The van der Waals surface area contributed by atoms with Crippen LogP contribution in [0.4, 0.5) is 0 Å². The van der Waals surface area contributed by atoms with Gasteiger partial charge in [-0.2, -0.15) is 0 Å². The molecular formula is C45H88NO8P. The zero-order valence-corrected chi connectivity index (χ0v) is 37.4. The molecular weight excluding hydrogens is 713 g/mol. The molecule has 0 aliphatic carbocycles. The molecule has 0 aromatic carbocycles. The maximum Gasteiger partial charge on any atom is 0.306 e. The topological polar surface area (TPSA) is 111 Å². The van der Waals surface area contributed by atoms with Crippen molar-refractivity contribution in [3.05, 3.63) is 12.7 Å². The average molecular weight is 802 g/mol. The van der Waals surface area contributed by atoms with E-state index in [0.29, 0.717) is 17.4 Å². The van der Waals surface area contributed by atoms with Gasteiger partial charge in [0.25, 0.3) is 7.82 Å². The number of unbranched alkanes of at least 4 members (excludes halogenated alkanes) is 28. The highest BCUT2D eigenvalue weighted by Crippen LogP contribution is 2.38. The highest BCUT2D eigenvalue weighted by molar-refractivity contribution is 7.45. The number of likely N-dealkylation sites (N-methyl/N-ethyl adjacent to an activating group) is 1. The van der Waals surface area contributed by atoms with Crippen molar-refractivity contribution >= 4 is 19.8 Å². The van der Waals surface area contributed by atoms with Gasteiger partial charge in [0, 0.05) is 12.8 Å². The molecule has 0 aromatic heterocycles. The molecule has 0 fully saturated rings. The van der Waals surface area contributed by atoms with Gasteiger partial charge in [-0.05, 0) is 25.7 Å². The number of quaternary nitrogens is 1. The summed E-state index contributed by atoms with van der Waals surface area (Å²) in [4.78, 5) is 37.5. The highest BCUT2D eigenvalue weighted by atomic mass is 31.2. The molecule has 0 N–H and O–H groups in total. The summed E-state index contributed by atoms with van der Waals surface area (Å²) in [6.07, 6.45) is 38.4. The zero-order chi connectivity index (χ0) is 40.7. The summed E-state index contributed by atoms with van der Waals surface area (Å²) in [5.41, 5.74) is 0. The number of hydrogen-bond acceptors (Lipinski definition) is 8. The Labute approximate surface area is 339 Å². The summed E-state index contributed by atoms with van der Waals surface area (Å²) in [6.45, 7) is 5.78. The third kappa shape index (κ3) is 42.2. The third-order valence-corrected chi connectivity index (χ3v) is 11.1. The second-order valence-corrected chi connectivity index (χ2v) is 18.3. The van der Waals surface area contributed by atoms with Crippen LogP contribution in [0.5, 0.6) is 0 Å². The van der Waals surface area contributed by atoms with Crippen molar-refractivity contribution in [3.63, 3.8) is 0 Å². The largest absolute Gasteiger partial charge is 0.756 e. The second-order valence-electron chi connectivity index (χ2n) is 16.9. The summed E-state index contributed by atoms with van der Waals surface area (Å²) in [5.74, 6) is -0.825. The lowest BCUT2D eigenvalue weighted by Gasteiger charge is -2.28. The van der Waals surface area contributed by atoms with Crippen molar-refractivity contribution in [2.24, 2.45) is 0 Å². The molecule has 0 amide bonds. The van der Waals surface area contributed by atoms with E-state index < -0.39 is 26.5 Å². The summed E-state index contributed by atoms with van der Waals surface area (Å²) in [6, 6.07) is 0. The number of phosphoric ester groups is 1. The summed E-state index contributed by atoms with van der Waals surface area (Å²) >= 11 is 0. The molecule has 0 radical (unpaired) electrons. The molecule has 0 saturated heterocycles. The van der Waals surface area contributed by atoms with Crippen LogP contribution in [0.3, 0.4) is 0 Å². The number of hydrogen-bond donors (Lipinski definition) is 0. The van der Waals surface area contributed by atoms with Crippen molar-refractivity contribution in [3.8, 4) is 0 Å². The van der Waals surface area contributed by atoms with Crippen LogP contribution in [0, 0.1) is 0 Å². The number of phosphoric acid groups is 1. The third-order valence-electron chi connectivity index (χ3n) is 10.2. The van der Waals surface area contributed by atoms with E-state index in [9.17, 15) is 19.0 Å². The van der Waals surface area contributed by atoms with Gasteiger partial charge in [-0.1, -0.05) is 180 Å². The first-order valence-corrected chi connectivity index (χ1v) is 24.3. The first-order chi connectivity index (χ1) is 26.5. The molecule has 9 nitrogen and oxygen atoms in total. The van der Waals surface area contributed by atoms with E-state index in [2.05, 4.69) is 13.5 Å². The molecule has 0 bridgehead atoms. The van der Waals surface area contributed by atoms with Gasteiger partial charge in [0.05, 0.1) is 27.7 Å². The molecule has 326 valence electrons. The standard InChI is InChI=1S/C45H88NO8P/c1-6-8-10-12-14-16-18-20-22-24-25-27-29-31-33-35-37-44(47)51-41-43(42-53-55(49,50)52-40-39-46(3,4)5)54-45(48)38-36-34-32-30-28-26-23-21-19-17-15-13-11-9-7-2/h7,43H,2,6,8-42H2,1,3-5H3/t43-/m1/s1. The minimum Gasteiger partial charge on any atom is -0.756 e. The first kappa shape index (κ1) is 53.8. The average Bonchev–Trinajstić information content (AvgIpc) is 3.13. The van der Waals surface area contributed by atoms with Gasteiger partial charge >= 0.3 is 11.9 Å². The maximum absolute atomic E-state index is 12.7. The number of allylic oxidation sites excluding steroid dienone is 1. The van der Waals surface area contributed by atoms with Crippen LogP contribution < -0.4 is 4.89 Å². The van der Waals surface area contributed by atoms with E-state index in [4.69, 9.17) is 18.5 Å². The molecule has 0 aromatic rings. The highest BCUT2D eigenvalue weighted by Gasteiger charge is 2.21. The Kier molecular flexibility index (Phi) is 37.4. The molecule has 10 heteroatoms. The van der Waals surface area contributed by atoms with E-state index in [1.807, 2.05) is 27.2 Å². The lowest BCUT2D eigenvalue weighted by atomic mass is 10.0. The summed E-state index contributed by atoms with van der Waals surface area (Å²) < 4.78 is 33.9. The number of rotatable bonds is 43. The smallest absolute Gasteiger partial charge is 0.306 e. The molecule has 0 aliphatic rings. The molecule has 55 heavy (non-hydrogen) atoms. The Bertz CT molecular complexity index is 940. The zero-order valence-electron chi connectivity index (χ0n) is 36.5. The van der Waals surface area contributed by atoms with Crippen molar-refractivity contribution in [2.75, 3.05) is 47.5 Å². The van der Waals surface area contributed by atoms with Crippen LogP contribution in [0.15, 0.2) is 12.7 Å². The number of ether oxygens (including phenoxy) is 2. The lowest BCUT2D eigenvalue weighted by Crippen LogP contribution is -2.37. The fourth-order valence-corrected chi connectivity index (χ4v) is 7.31. The lowest BCUT2D eigenvalue weighted by molar-refractivity contribution is -0.870. The molecule has 2 atom stereocenters. The Morgan fingerprint density at radius 2 is 0.964 bits per heavy atom. The number of esters is 2. The Morgan fingerprint density at radius 1 is 0.582 bits per heavy atom. The fraction of sp³-hybridized carbons (Fsp3) is 0.911. The molecule has 0 spiro atoms. The first-order valence-electron chi connectivity index (χ1n) is 22.9. The van der Waals surface area contributed by atoms with Crippen LogP contribution in [-0.2, 0) is 32.7 Å². The van der Waals surface area contributed by atoms with Crippen molar-refractivity contribution in [1.29, 1.82) is 0 Å². The minimum absolute atomic E-state index is 0.0280. The van der Waals surface area contributed by atoms with E-state index in [0.717, 1.165) is 44.9 Å². The van der Waals surface area contributed by atoms with Gasteiger partial charge in [-0.25, -0.2) is 0 Å². The minimum atomic E-state index is -4.62. The number of nitrogens with zero attached hydrogens (tertiary/aromatic N) is 1. The fourth-order valence-electron chi connectivity index (χ4n) is 6.58. The van der Waals surface area contributed by atoms with Crippen molar-refractivity contribution < 1.29 is 42.1 Å². The van der Waals surface area contributed by atoms with Gasteiger partial charge < -0.3 is 27.9 Å². The molecule has 0 saturated carbocycles. The van der Waals surface area contributed by atoms with Crippen LogP contribution >= 0.6 is 7.82 Å². The van der Waals surface area contributed by atoms with Gasteiger partial charge in [0.2, 0.25) is 0 Å². The maximum atomic E-state index is 12.7. The Balaban J connectivity index is 4.28. The van der Waals surface area contributed by atoms with Gasteiger partial charge in [0.15, 0.2) is 6.10 Å². The molecule has 0 heterocycles. The van der Waals surface area contributed by atoms with E-state index in [-0.39, 0.29) is 32.0 Å². The molecule has 0 aliphatic heterocycles. The predicted molar refractivity (Wildman–Crippen MR) is 227 cm³/mol. The summed E-state index contributed by atoms with van der Waals surface area (Å²) in [5, 5.41) is 0. The molecule has 0 rings (SSSR count). The van der Waals surface area contributed by atoms with Crippen molar-refractivity contribution in [2.45, 2.75) is 218 Å². The van der Waals surface area contributed by atoms with Gasteiger partial charge in [-0.15, -0.1) is 6.58 Å². The number of carbonyl (C=O) groups is 2. The predicted octanol–water partition coefficient (Wildman–Crippen LogP) is 12.3. The SMILES string of the molecule is C=CCCCCCCCCCCCCCCCC(=O)O[C@H](COC(=O)CCCCCCCCCCCCCCCCCC)COP(=O)([O-])OCC[N+](C)(C)C. The molecule has 1 unspecified atom stereocenters. The van der Waals surface area contributed by atoms with Crippen LogP contribution in [0.25, 0.3) is 0 Å². The Hall–Kier alpha value is -1.25.